The Labute approximate surface area is 102 Å². The molecule has 0 aliphatic rings. The van der Waals surface area contributed by atoms with E-state index in [1.807, 2.05) is 0 Å². The van der Waals surface area contributed by atoms with E-state index in [0.29, 0.717) is 17.1 Å². The highest BCUT2D eigenvalue weighted by atomic mass is 35.5. The summed E-state index contributed by atoms with van der Waals surface area (Å²) in [6.45, 7) is 1.68. The molecule has 0 unspecified atom stereocenters. The summed E-state index contributed by atoms with van der Waals surface area (Å²) in [7, 11) is 1.65. The van der Waals surface area contributed by atoms with Crippen LogP contribution < -0.4 is 5.73 Å². The van der Waals surface area contributed by atoms with Gasteiger partial charge in [0, 0.05) is 18.7 Å². The normalized spacial score (nSPS) is 10.8. The van der Waals surface area contributed by atoms with Crippen molar-refractivity contribution in [2.75, 3.05) is 5.73 Å². The highest BCUT2D eigenvalue weighted by Gasteiger charge is 2.17. The van der Waals surface area contributed by atoms with Crippen molar-refractivity contribution in [3.8, 4) is 17.0 Å². The Morgan fingerprint density at radius 2 is 2.12 bits per heavy atom. The van der Waals surface area contributed by atoms with Crippen LogP contribution in [0.15, 0.2) is 12.1 Å². The summed E-state index contributed by atoms with van der Waals surface area (Å²) in [5, 5.41) is 13.6. The van der Waals surface area contributed by atoms with E-state index in [2.05, 4.69) is 5.10 Å². The van der Waals surface area contributed by atoms with Crippen LogP contribution in [0.25, 0.3) is 11.3 Å². The lowest BCUT2D eigenvalue weighted by atomic mass is 10.1. The molecule has 0 radical (unpaired) electrons. The maximum Gasteiger partial charge on any atom is 0.175 e. The smallest absolute Gasteiger partial charge is 0.175 e. The van der Waals surface area contributed by atoms with Crippen LogP contribution in [0, 0.1) is 12.7 Å². The van der Waals surface area contributed by atoms with Crippen LogP contribution in [0.1, 0.15) is 5.56 Å². The molecule has 2 rings (SSSR count). The number of phenols is 1. The first-order valence-corrected chi connectivity index (χ1v) is 5.27. The summed E-state index contributed by atoms with van der Waals surface area (Å²) < 4.78 is 15.3. The molecular weight excluding hydrogens is 245 g/mol. The van der Waals surface area contributed by atoms with Crippen molar-refractivity contribution >= 4 is 17.4 Å². The van der Waals surface area contributed by atoms with Crippen molar-refractivity contribution in [2.24, 2.45) is 7.05 Å². The first-order valence-electron chi connectivity index (χ1n) is 4.89. The van der Waals surface area contributed by atoms with E-state index in [1.165, 1.54) is 16.8 Å². The fourth-order valence-corrected chi connectivity index (χ4v) is 1.69. The average molecular weight is 256 g/mol. The fraction of sp³-hybridized carbons (Fsp3) is 0.182. The molecule has 0 atom stereocenters. The molecule has 0 saturated carbocycles. The van der Waals surface area contributed by atoms with Crippen LogP contribution >= 0.6 is 11.6 Å². The van der Waals surface area contributed by atoms with E-state index >= 15 is 0 Å². The standard InChI is InChI=1S/C11H11ClFN3O/c1-5-3-6(10(13)11(17)9(5)12)7-4-8(14)16(2)15-7/h3-4,17H,14H2,1-2H3. The van der Waals surface area contributed by atoms with Gasteiger partial charge in [-0.15, -0.1) is 0 Å². The monoisotopic (exact) mass is 255 g/mol. The van der Waals surface area contributed by atoms with Gasteiger partial charge in [-0.1, -0.05) is 11.6 Å². The van der Waals surface area contributed by atoms with E-state index in [4.69, 9.17) is 17.3 Å². The van der Waals surface area contributed by atoms with Gasteiger partial charge in [0.05, 0.1) is 10.7 Å². The quantitative estimate of drug-likeness (QED) is 0.823. The molecule has 0 bridgehead atoms. The second-order valence-electron chi connectivity index (χ2n) is 3.80. The lowest BCUT2D eigenvalue weighted by Crippen LogP contribution is -1.97. The van der Waals surface area contributed by atoms with Crippen molar-refractivity contribution in [1.82, 2.24) is 9.78 Å². The zero-order valence-corrected chi connectivity index (χ0v) is 10.1. The zero-order valence-electron chi connectivity index (χ0n) is 9.33. The van der Waals surface area contributed by atoms with Crippen LogP contribution in [0.4, 0.5) is 10.2 Å². The molecule has 0 spiro atoms. The van der Waals surface area contributed by atoms with Crippen molar-refractivity contribution in [3.05, 3.63) is 28.5 Å². The van der Waals surface area contributed by atoms with Gasteiger partial charge in [-0.2, -0.15) is 5.10 Å². The average Bonchev–Trinajstić information content (AvgIpc) is 2.61. The largest absolute Gasteiger partial charge is 0.504 e. The van der Waals surface area contributed by atoms with Gasteiger partial charge >= 0.3 is 0 Å². The Morgan fingerprint density at radius 3 is 2.65 bits per heavy atom. The number of benzene rings is 1. The number of aromatic nitrogens is 2. The lowest BCUT2D eigenvalue weighted by molar-refractivity contribution is 0.433. The number of hydrogen-bond acceptors (Lipinski definition) is 3. The van der Waals surface area contributed by atoms with Crippen molar-refractivity contribution in [1.29, 1.82) is 0 Å². The number of nitrogens with two attached hydrogens (primary N) is 1. The minimum absolute atomic E-state index is 0.00940. The van der Waals surface area contributed by atoms with Gasteiger partial charge in [0.1, 0.15) is 5.82 Å². The molecule has 2 aromatic rings. The van der Waals surface area contributed by atoms with Gasteiger partial charge < -0.3 is 10.8 Å². The molecule has 1 heterocycles. The summed E-state index contributed by atoms with van der Waals surface area (Å²) in [5.74, 6) is -0.948. The topological polar surface area (TPSA) is 64.1 Å². The summed E-state index contributed by atoms with van der Waals surface area (Å²) in [6, 6.07) is 3.06. The van der Waals surface area contributed by atoms with E-state index in [0.717, 1.165) is 0 Å². The second kappa shape index (κ2) is 3.92. The maximum absolute atomic E-state index is 13.8. The number of aryl methyl sites for hydroxylation is 2. The molecule has 0 fully saturated rings. The van der Waals surface area contributed by atoms with Gasteiger partial charge in [0.25, 0.3) is 0 Å². The van der Waals surface area contributed by atoms with Crippen LogP contribution in [-0.4, -0.2) is 14.9 Å². The molecule has 0 aliphatic carbocycles. The number of aromatic hydroxyl groups is 1. The van der Waals surface area contributed by atoms with E-state index in [9.17, 15) is 9.50 Å². The Morgan fingerprint density at radius 1 is 1.47 bits per heavy atom. The third-order valence-electron chi connectivity index (χ3n) is 2.55. The molecule has 1 aromatic heterocycles. The Kier molecular flexibility index (Phi) is 2.71. The van der Waals surface area contributed by atoms with Crippen molar-refractivity contribution in [3.63, 3.8) is 0 Å². The fourth-order valence-electron chi connectivity index (χ4n) is 1.55. The highest BCUT2D eigenvalue weighted by molar-refractivity contribution is 6.32. The van der Waals surface area contributed by atoms with Crippen LogP contribution in [0.5, 0.6) is 5.75 Å². The van der Waals surface area contributed by atoms with E-state index in [-0.39, 0.29) is 10.6 Å². The minimum atomic E-state index is -0.793. The number of nitrogens with zero attached hydrogens (tertiary/aromatic N) is 2. The van der Waals surface area contributed by atoms with Gasteiger partial charge in [-0.25, -0.2) is 4.39 Å². The molecule has 1 aromatic carbocycles. The number of nitrogen functional groups attached to an aromatic ring is 1. The van der Waals surface area contributed by atoms with Gasteiger partial charge in [0.15, 0.2) is 11.6 Å². The summed E-state index contributed by atoms with van der Waals surface area (Å²) >= 11 is 5.74. The molecule has 0 amide bonds. The number of phenolic OH excluding ortho intramolecular Hbond substituents is 1. The molecule has 0 saturated heterocycles. The van der Waals surface area contributed by atoms with Crippen LogP contribution in [0.2, 0.25) is 5.02 Å². The molecule has 17 heavy (non-hydrogen) atoms. The lowest BCUT2D eigenvalue weighted by Gasteiger charge is -2.06. The molecule has 0 aliphatic heterocycles. The maximum atomic E-state index is 13.8. The summed E-state index contributed by atoms with van der Waals surface area (Å²) in [6.07, 6.45) is 0. The number of anilines is 1. The second-order valence-corrected chi connectivity index (χ2v) is 4.17. The molecule has 3 N–H and O–H groups in total. The van der Waals surface area contributed by atoms with Gasteiger partial charge in [-0.3, -0.25) is 4.68 Å². The van der Waals surface area contributed by atoms with Crippen molar-refractivity contribution < 1.29 is 9.50 Å². The molecule has 6 heteroatoms. The zero-order chi connectivity index (χ0) is 12.7. The van der Waals surface area contributed by atoms with E-state index < -0.39 is 11.6 Å². The number of rotatable bonds is 1. The summed E-state index contributed by atoms with van der Waals surface area (Å²) in [4.78, 5) is 0. The third-order valence-corrected chi connectivity index (χ3v) is 3.03. The Balaban J connectivity index is 2.68. The number of halogens is 2. The van der Waals surface area contributed by atoms with Gasteiger partial charge in [-0.05, 0) is 18.6 Å². The SMILES string of the molecule is Cc1cc(-c2cc(N)n(C)n2)c(F)c(O)c1Cl. The van der Waals surface area contributed by atoms with Crippen LogP contribution in [-0.2, 0) is 7.05 Å². The van der Waals surface area contributed by atoms with Crippen LogP contribution in [0.3, 0.4) is 0 Å². The Hall–Kier alpha value is -1.75. The molecule has 4 nitrogen and oxygen atoms in total. The predicted molar refractivity (Wildman–Crippen MR) is 64.4 cm³/mol. The first-order chi connectivity index (χ1) is 7.91. The number of hydrogen-bond donors (Lipinski definition) is 2. The Bertz CT molecular complexity index is 575. The molecule has 90 valence electrons. The third kappa shape index (κ3) is 1.82. The molecular formula is C11H11ClFN3O. The van der Waals surface area contributed by atoms with E-state index in [1.54, 1.807) is 14.0 Å². The summed E-state index contributed by atoms with van der Waals surface area (Å²) in [5.41, 5.74) is 6.73. The van der Waals surface area contributed by atoms with Gasteiger partial charge in [0.2, 0.25) is 0 Å². The predicted octanol–water partition coefficient (Wildman–Crippen LogP) is 2.48. The minimum Gasteiger partial charge on any atom is -0.504 e. The highest BCUT2D eigenvalue weighted by Crippen LogP contribution is 2.36. The van der Waals surface area contributed by atoms with Crippen molar-refractivity contribution in [2.45, 2.75) is 6.92 Å². The first kappa shape index (κ1) is 11.7.